The Labute approximate surface area is 140 Å². The average molecular weight is 337 g/mol. The highest BCUT2D eigenvalue weighted by Gasteiger charge is 2.65. The van der Waals surface area contributed by atoms with Crippen molar-refractivity contribution in [3.8, 4) is 0 Å². The molecule has 2 unspecified atom stereocenters. The van der Waals surface area contributed by atoms with Crippen LogP contribution in [0.5, 0.6) is 0 Å². The Kier molecular flexibility index (Phi) is 4.21. The largest absolute Gasteiger partial charge is 0.487 e. The zero-order valence-electron chi connectivity index (χ0n) is 14.6. The molecule has 3 fully saturated rings. The average Bonchev–Trinajstić information content (AvgIpc) is 2.87. The van der Waals surface area contributed by atoms with E-state index < -0.39 is 13.9 Å². The SMILES string of the molecule is C=CC1[C@H](O[Si](CC)(CC)CC)C2OC3=CC(=O)O[C@@]31C[C@H]2C. The first kappa shape index (κ1) is 16.8. The lowest BCUT2D eigenvalue weighted by molar-refractivity contribution is -0.217. The fraction of sp³-hybridized carbons (Fsp3) is 0.722. The molecule has 3 aliphatic heterocycles. The minimum Gasteiger partial charge on any atom is -0.487 e. The maximum Gasteiger partial charge on any atom is 0.335 e. The summed E-state index contributed by atoms with van der Waals surface area (Å²) in [7, 11) is -1.78. The number of rotatable bonds is 6. The molecule has 3 heterocycles. The van der Waals surface area contributed by atoms with Crippen LogP contribution >= 0.6 is 0 Å². The van der Waals surface area contributed by atoms with Crippen LogP contribution in [0.15, 0.2) is 24.5 Å². The first-order valence-corrected chi connectivity index (χ1v) is 11.4. The molecule has 128 valence electrons. The van der Waals surface area contributed by atoms with Gasteiger partial charge in [-0.15, -0.1) is 6.58 Å². The van der Waals surface area contributed by atoms with E-state index in [0.717, 1.165) is 24.6 Å². The van der Waals surface area contributed by atoms with Gasteiger partial charge in [0.15, 0.2) is 13.9 Å². The van der Waals surface area contributed by atoms with Crippen LogP contribution in [-0.2, 0) is 18.7 Å². The van der Waals surface area contributed by atoms with Crippen molar-refractivity contribution in [2.24, 2.45) is 11.8 Å². The number of carbonyl (C=O) groups excluding carboxylic acids is 1. The molecular formula is C18H28O4Si. The number of hydrogen-bond donors (Lipinski definition) is 0. The predicted octanol–water partition coefficient (Wildman–Crippen LogP) is 3.80. The van der Waals surface area contributed by atoms with Gasteiger partial charge in [-0.3, -0.25) is 0 Å². The van der Waals surface area contributed by atoms with Gasteiger partial charge in [-0.05, 0) is 24.1 Å². The zero-order chi connectivity index (χ0) is 16.8. The van der Waals surface area contributed by atoms with Gasteiger partial charge in [0.2, 0.25) is 0 Å². The fourth-order valence-corrected chi connectivity index (χ4v) is 7.46. The van der Waals surface area contributed by atoms with E-state index in [-0.39, 0.29) is 24.1 Å². The lowest BCUT2D eigenvalue weighted by atomic mass is 9.65. The maximum atomic E-state index is 11.9. The van der Waals surface area contributed by atoms with E-state index >= 15 is 0 Å². The molecule has 0 N–H and O–H groups in total. The number of fused-ring (bicyclic) bond motifs is 2. The summed E-state index contributed by atoms with van der Waals surface area (Å²) in [4.78, 5) is 11.9. The Morgan fingerprint density at radius 1 is 1.39 bits per heavy atom. The Hall–Kier alpha value is -1.07. The normalized spacial score (nSPS) is 38.6. The summed E-state index contributed by atoms with van der Waals surface area (Å²) < 4.78 is 18.7. The molecule has 1 aliphatic carbocycles. The molecule has 4 nitrogen and oxygen atoms in total. The zero-order valence-corrected chi connectivity index (χ0v) is 15.6. The van der Waals surface area contributed by atoms with Gasteiger partial charge in [0.25, 0.3) is 0 Å². The van der Waals surface area contributed by atoms with Crippen LogP contribution in [0.4, 0.5) is 0 Å². The third-order valence-corrected chi connectivity index (χ3v) is 10.8. The van der Waals surface area contributed by atoms with Crippen molar-refractivity contribution in [3.63, 3.8) is 0 Å². The fourth-order valence-electron chi connectivity index (χ4n) is 4.60. The summed E-state index contributed by atoms with van der Waals surface area (Å²) in [5.41, 5.74) is -0.687. The second-order valence-corrected chi connectivity index (χ2v) is 11.9. The van der Waals surface area contributed by atoms with Crippen LogP contribution in [0.3, 0.4) is 0 Å². The predicted molar refractivity (Wildman–Crippen MR) is 91.3 cm³/mol. The van der Waals surface area contributed by atoms with Gasteiger partial charge >= 0.3 is 5.97 Å². The smallest absolute Gasteiger partial charge is 0.335 e. The van der Waals surface area contributed by atoms with E-state index in [1.165, 1.54) is 6.08 Å². The van der Waals surface area contributed by atoms with Gasteiger partial charge in [0, 0.05) is 6.42 Å². The van der Waals surface area contributed by atoms with Gasteiger partial charge in [0.1, 0.15) is 11.9 Å². The van der Waals surface area contributed by atoms with Crippen LogP contribution in [0.25, 0.3) is 0 Å². The molecule has 5 atom stereocenters. The van der Waals surface area contributed by atoms with Crippen molar-refractivity contribution in [1.82, 2.24) is 0 Å². The monoisotopic (exact) mass is 336 g/mol. The molecule has 0 aromatic carbocycles. The van der Waals surface area contributed by atoms with Gasteiger partial charge in [-0.2, -0.15) is 0 Å². The minimum absolute atomic E-state index is 0.0165. The van der Waals surface area contributed by atoms with E-state index in [1.54, 1.807) is 0 Å². The molecule has 0 radical (unpaired) electrons. The molecule has 0 amide bonds. The van der Waals surface area contributed by atoms with Crippen LogP contribution in [0.2, 0.25) is 18.1 Å². The summed E-state index contributed by atoms with van der Waals surface area (Å²) >= 11 is 0. The van der Waals surface area contributed by atoms with E-state index in [1.807, 2.05) is 6.08 Å². The Morgan fingerprint density at radius 3 is 2.61 bits per heavy atom. The second kappa shape index (κ2) is 5.78. The van der Waals surface area contributed by atoms with Crippen molar-refractivity contribution < 1.29 is 18.7 Å². The third-order valence-electron chi connectivity index (χ3n) is 6.19. The lowest BCUT2D eigenvalue weighted by Gasteiger charge is -2.57. The van der Waals surface area contributed by atoms with Crippen molar-refractivity contribution in [1.29, 1.82) is 0 Å². The molecule has 4 aliphatic rings. The van der Waals surface area contributed by atoms with E-state index in [2.05, 4.69) is 34.3 Å². The Balaban J connectivity index is 1.97. The van der Waals surface area contributed by atoms with Crippen molar-refractivity contribution in [3.05, 3.63) is 24.5 Å². The molecule has 23 heavy (non-hydrogen) atoms. The second-order valence-electron chi connectivity index (χ2n) is 7.17. The maximum absolute atomic E-state index is 11.9. The van der Waals surface area contributed by atoms with Crippen molar-refractivity contribution in [2.45, 2.75) is 70.1 Å². The number of esters is 1. The molecule has 1 saturated carbocycles. The molecular weight excluding hydrogens is 308 g/mol. The number of hydrogen-bond acceptors (Lipinski definition) is 4. The van der Waals surface area contributed by atoms with Crippen LogP contribution in [0.1, 0.15) is 34.1 Å². The first-order chi connectivity index (χ1) is 10.9. The molecule has 2 bridgehead atoms. The number of ether oxygens (including phenoxy) is 2. The highest BCUT2D eigenvalue weighted by molar-refractivity contribution is 6.73. The molecule has 5 heteroatoms. The quantitative estimate of drug-likeness (QED) is 0.420. The summed E-state index contributed by atoms with van der Waals surface area (Å²) in [5, 5.41) is 0. The minimum atomic E-state index is -1.78. The molecule has 0 aromatic heterocycles. The standard InChI is InChI=1S/C18H28O4Si/c1-6-13-17(22-23(7-2,8-3)9-4)16-12(5)11-18(13)14(20-16)10-15(19)21-18/h6,10,12-13,16-17H,1,7-9,11H2,2-5H3/t12-,13?,16?,17+,18-/m1/s1. The highest BCUT2D eigenvalue weighted by atomic mass is 28.4. The van der Waals surface area contributed by atoms with E-state index in [9.17, 15) is 4.79 Å². The van der Waals surface area contributed by atoms with E-state index in [0.29, 0.717) is 11.7 Å². The Bertz CT molecular complexity index is 531. The molecule has 4 rings (SSSR count). The van der Waals surface area contributed by atoms with Crippen LogP contribution in [0, 0.1) is 11.8 Å². The Morgan fingerprint density at radius 2 is 2.04 bits per heavy atom. The molecule has 1 spiro atoms. The highest BCUT2D eigenvalue weighted by Crippen LogP contribution is 2.55. The summed E-state index contributed by atoms with van der Waals surface area (Å²) in [5.74, 6) is 0.667. The molecule has 2 saturated heterocycles. The van der Waals surface area contributed by atoms with Gasteiger partial charge in [-0.1, -0.05) is 33.8 Å². The first-order valence-electron chi connectivity index (χ1n) is 8.87. The van der Waals surface area contributed by atoms with Crippen molar-refractivity contribution in [2.75, 3.05) is 0 Å². The van der Waals surface area contributed by atoms with Gasteiger partial charge in [-0.25, -0.2) is 4.79 Å². The summed E-state index contributed by atoms with van der Waals surface area (Å²) in [6, 6.07) is 3.28. The number of carbonyl (C=O) groups is 1. The van der Waals surface area contributed by atoms with Gasteiger partial charge in [0.05, 0.1) is 18.1 Å². The van der Waals surface area contributed by atoms with Crippen molar-refractivity contribution >= 4 is 14.3 Å². The van der Waals surface area contributed by atoms with E-state index in [4.69, 9.17) is 13.9 Å². The van der Waals surface area contributed by atoms with Crippen LogP contribution < -0.4 is 0 Å². The topological polar surface area (TPSA) is 44.8 Å². The molecule has 0 aromatic rings. The van der Waals surface area contributed by atoms with Gasteiger partial charge < -0.3 is 13.9 Å². The van der Waals surface area contributed by atoms with Crippen LogP contribution in [-0.4, -0.2) is 32.1 Å². The third kappa shape index (κ3) is 2.31. The lowest BCUT2D eigenvalue weighted by Crippen LogP contribution is -2.65. The summed E-state index contributed by atoms with van der Waals surface area (Å²) in [6.45, 7) is 12.9. The summed E-state index contributed by atoms with van der Waals surface area (Å²) in [6.07, 6.45) is 4.14.